The Morgan fingerprint density at radius 1 is 1.05 bits per heavy atom. The molecule has 0 spiro atoms. The molecule has 0 aliphatic heterocycles. The quantitative estimate of drug-likeness (QED) is 0.723. The number of aryl methyl sites for hydroxylation is 1. The second-order valence-corrected chi connectivity index (χ2v) is 5.70. The third-order valence-corrected chi connectivity index (χ3v) is 3.79. The summed E-state index contributed by atoms with van der Waals surface area (Å²) >= 11 is 17.8. The summed E-state index contributed by atoms with van der Waals surface area (Å²) in [6.07, 6.45) is 3.03. The molecule has 0 saturated heterocycles. The molecule has 0 fully saturated rings. The van der Waals surface area contributed by atoms with Crippen LogP contribution in [0.25, 0.3) is 6.08 Å². The van der Waals surface area contributed by atoms with Crippen LogP contribution < -0.4 is 5.32 Å². The van der Waals surface area contributed by atoms with Gasteiger partial charge in [-0.25, -0.2) is 0 Å². The second kappa shape index (κ2) is 6.99. The molecule has 0 aliphatic rings. The smallest absolute Gasteiger partial charge is 0.248 e. The van der Waals surface area contributed by atoms with Gasteiger partial charge in [-0.3, -0.25) is 4.79 Å². The van der Waals surface area contributed by atoms with E-state index in [9.17, 15) is 4.79 Å². The topological polar surface area (TPSA) is 29.1 Å². The molecule has 0 aliphatic carbocycles. The number of carbonyl (C=O) groups excluding carboxylic acids is 1. The summed E-state index contributed by atoms with van der Waals surface area (Å²) < 4.78 is 0. The van der Waals surface area contributed by atoms with Crippen LogP contribution in [-0.2, 0) is 4.79 Å². The first-order valence-electron chi connectivity index (χ1n) is 6.16. The van der Waals surface area contributed by atoms with Gasteiger partial charge in [0, 0.05) is 26.8 Å². The highest BCUT2D eigenvalue weighted by molar-refractivity contribution is 6.35. The Morgan fingerprint density at radius 3 is 2.48 bits per heavy atom. The van der Waals surface area contributed by atoms with Crippen molar-refractivity contribution in [2.75, 3.05) is 5.32 Å². The SMILES string of the molecule is Cc1ccc(NC(=O)C=Cc2ccc(Cl)cc2Cl)cc1Cl. The zero-order valence-corrected chi connectivity index (χ0v) is 13.4. The highest BCUT2D eigenvalue weighted by Crippen LogP contribution is 2.22. The summed E-state index contributed by atoms with van der Waals surface area (Å²) in [4.78, 5) is 11.9. The number of amides is 1. The van der Waals surface area contributed by atoms with Crippen LogP contribution >= 0.6 is 34.8 Å². The first-order valence-corrected chi connectivity index (χ1v) is 7.29. The van der Waals surface area contributed by atoms with Crippen molar-refractivity contribution in [1.29, 1.82) is 0 Å². The average molecular weight is 341 g/mol. The van der Waals surface area contributed by atoms with Crippen LogP contribution in [0.4, 0.5) is 5.69 Å². The highest BCUT2D eigenvalue weighted by atomic mass is 35.5. The Kier molecular flexibility index (Phi) is 5.29. The Hall–Kier alpha value is -1.48. The van der Waals surface area contributed by atoms with E-state index < -0.39 is 0 Å². The highest BCUT2D eigenvalue weighted by Gasteiger charge is 2.02. The molecule has 2 rings (SSSR count). The molecule has 0 atom stereocenters. The maximum atomic E-state index is 11.9. The number of halogens is 3. The lowest BCUT2D eigenvalue weighted by atomic mass is 10.2. The Morgan fingerprint density at radius 2 is 1.81 bits per heavy atom. The third kappa shape index (κ3) is 4.50. The lowest BCUT2D eigenvalue weighted by Crippen LogP contribution is -2.07. The van der Waals surface area contributed by atoms with Crippen molar-refractivity contribution in [3.63, 3.8) is 0 Å². The lowest BCUT2D eigenvalue weighted by Gasteiger charge is -2.04. The standard InChI is InChI=1S/C16H12Cl3NO/c1-10-2-6-13(9-14(10)18)20-16(21)7-4-11-3-5-12(17)8-15(11)19/h2-9H,1H3,(H,20,21). The van der Waals surface area contributed by atoms with E-state index in [-0.39, 0.29) is 5.91 Å². The summed E-state index contributed by atoms with van der Waals surface area (Å²) in [6, 6.07) is 10.4. The van der Waals surface area contributed by atoms with E-state index in [1.165, 1.54) is 6.08 Å². The predicted octanol–water partition coefficient (Wildman–Crippen LogP) is 5.61. The summed E-state index contributed by atoms with van der Waals surface area (Å²) in [5.74, 6) is -0.263. The molecule has 2 aromatic rings. The van der Waals surface area contributed by atoms with Gasteiger partial charge in [-0.1, -0.05) is 46.9 Å². The molecule has 2 nitrogen and oxygen atoms in total. The van der Waals surface area contributed by atoms with Crippen molar-refractivity contribution < 1.29 is 4.79 Å². The van der Waals surface area contributed by atoms with E-state index in [0.29, 0.717) is 20.8 Å². The molecule has 21 heavy (non-hydrogen) atoms. The molecule has 0 aromatic heterocycles. The van der Waals surface area contributed by atoms with Crippen LogP contribution in [0.2, 0.25) is 15.1 Å². The molecule has 0 heterocycles. The summed E-state index contributed by atoms with van der Waals surface area (Å²) in [6.45, 7) is 1.90. The number of benzene rings is 2. The minimum Gasteiger partial charge on any atom is -0.322 e. The largest absolute Gasteiger partial charge is 0.322 e. The average Bonchev–Trinajstić information content (AvgIpc) is 2.42. The van der Waals surface area contributed by atoms with Gasteiger partial charge >= 0.3 is 0 Å². The van der Waals surface area contributed by atoms with Gasteiger partial charge in [0.15, 0.2) is 0 Å². The normalized spacial score (nSPS) is 10.9. The van der Waals surface area contributed by atoms with Gasteiger partial charge in [-0.05, 0) is 48.4 Å². The molecule has 5 heteroatoms. The van der Waals surface area contributed by atoms with Gasteiger partial charge in [0.2, 0.25) is 5.91 Å². The minimum atomic E-state index is -0.263. The van der Waals surface area contributed by atoms with Crippen molar-refractivity contribution in [2.24, 2.45) is 0 Å². The van der Waals surface area contributed by atoms with E-state index in [2.05, 4.69) is 5.32 Å². The molecular formula is C16H12Cl3NO. The van der Waals surface area contributed by atoms with Gasteiger partial charge < -0.3 is 5.32 Å². The third-order valence-electron chi connectivity index (χ3n) is 2.82. The zero-order valence-electron chi connectivity index (χ0n) is 11.2. The molecule has 2 aromatic carbocycles. The Balaban J connectivity index is 2.07. The lowest BCUT2D eigenvalue weighted by molar-refractivity contribution is -0.111. The molecule has 0 bridgehead atoms. The molecule has 0 unspecified atom stereocenters. The first-order chi connectivity index (χ1) is 9.95. The van der Waals surface area contributed by atoms with E-state index in [4.69, 9.17) is 34.8 Å². The van der Waals surface area contributed by atoms with Crippen LogP contribution in [0.1, 0.15) is 11.1 Å². The fourth-order valence-electron chi connectivity index (χ4n) is 1.66. The van der Waals surface area contributed by atoms with Gasteiger partial charge in [0.1, 0.15) is 0 Å². The van der Waals surface area contributed by atoms with Crippen molar-refractivity contribution in [1.82, 2.24) is 0 Å². The molecule has 108 valence electrons. The number of carbonyl (C=O) groups is 1. The van der Waals surface area contributed by atoms with Crippen molar-refractivity contribution in [3.05, 3.63) is 68.7 Å². The van der Waals surface area contributed by atoms with Gasteiger partial charge in [0.25, 0.3) is 0 Å². The Bertz CT molecular complexity index is 711. The molecule has 1 amide bonds. The molecular weight excluding hydrogens is 329 g/mol. The Labute approximate surface area is 138 Å². The van der Waals surface area contributed by atoms with Crippen molar-refractivity contribution in [3.8, 4) is 0 Å². The minimum absolute atomic E-state index is 0.263. The monoisotopic (exact) mass is 339 g/mol. The van der Waals surface area contributed by atoms with Gasteiger partial charge in [-0.2, -0.15) is 0 Å². The fraction of sp³-hybridized carbons (Fsp3) is 0.0625. The van der Waals surface area contributed by atoms with Gasteiger partial charge in [0.05, 0.1) is 0 Å². The second-order valence-electron chi connectivity index (χ2n) is 4.45. The van der Waals surface area contributed by atoms with Crippen LogP contribution in [0.15, 0.2) is 42.5 Å². The van der Waals surface area contributed by atoms with Crippen molar-refractivity contribution >= 4 is 52.5 Å². The number of nitrogens with one attached hydrogen (secondary N) is 1. The summed E-state index contributed by atoms with van der Waals surface area (Å²) in [7, 11) is 0. The molecule has 0 radical (unpaired) electrons. The molecule has 1 N–H and O–H groups in total. The summed E-state index contributed by atoms with van der Waals surface area (Å²) in [5.41, 5.74) is 2.32. The summed E-state index contributed by atoms with van der Waals surface area (Å²) in [5, 5.41) is 4.38. The maximum Gasteiger partial charge on any atom is 0.248 e. The maximum absolute atomic E-state index is 11.9. The van der Waals surface area contributed by atoms with E-state index in [0.717, 1.165) is 11.1 Å². The number of anilines is 1. The fourth-order valence-corrected chi connectivity index (χ4v) is 2.31. The predicted molar refractivity (Wildman–Crippen MR) is 90.3 cm³/mol. The van der Waals surface area contributed by atoms with Gasteiger partial charge in [-0.15, -0.1) is 0 Å². The van der Waals surface area contributed by atoms with Crippen LogP contribution in [-0.4, -0.2) is 5.91 Å². The van der Waals surface area contributed by atoms with Crippen molar-refractivity contribution in [2.45, 2.75) is 6.92 Å². The number of rotatable bonds is 3. The van der Waals surface area contributed by atoms with E-state index >= 15 is 0 Å². The zero-order chi connectivity index (χ0) is 15.4. The van der Waals surface area contributed by atoms with Crippen LogP contribution in [0.3, 0.4) is 0 Å². The van der Waals surface area contributed by atoms with E-state index in [1.54, 1.807) is 36.4 Å². The number of hydrogen-bond acceptors (Lipinski definition) is 1. The first kappa shape index (κ1) is 15.9. The van der Waals surface area contributed by atoms with Crippen LogP contribution in [0, 0.1) is 6.92 Å². The van der Waals surface area contributed by atoms with Crippen LogP contribution in [0.5, 0.6) is 0 Å². The molecule has 0 saturated carbocycles. The number of hydrogen-bond donors (Lipinski definition) is 1. The van der Waals surface area contributed by atoms with E-state index in [1.807, 2.05) is 13.0 Å².